The van der Waals surface area contributed by atoms with Crippen molar-refractivity contribution in [1.29, 1.82) is 0 Å². The van der Waals surface area contributed by atoms with Gasteiger partial charge in [-0.1, -0.05) is 53.5 Å². The van der Waals surface area contributed by atoms with Crippen molar-refractivity contribution < 1.29 is 9.59 Å². The van der Waals surface area contributed by atoms with Crippen molar-refractivity contribution >= 4 is 34.8 Å². The van der Waals surface area contributed by atoms with E-state index in [4.69, 9.17) is 23.2 Å². The average molecular weight is 419 g/mol. The smallest absolute Gasteiger partial charge is 0.152 e. The Labute approximate surface area is 178 Å². The highest BCUT2D eigenvalue weighted by molar-refractivity contribution is 6.30. The number of Topliss-reactive ketones (excluding diaryl/α,β-unsaturated/α-hetero) is 1. The monoisotopic (exact) mass is 418 g/mol. The van der Waals surface area contributed by atoms with E-state index in [9.17, 15) is 9.59 Å². The van der Waals surface area contributed by atoms with Crippen LogP contribution in [-0.2, 0) is 22.4 Å². The predicted molar refractivity (Wildman–Crippen MR) is 119 cm³/mol. The molecule has 0 fully saturated rings. The molecule has 2 nitrogen and oxygen atoms in total. The lowest BCUT2D eigenvalue weighted by atomic mass is 10.1. The summed E-state index contributed by atoms with van der Waals surface area (Å²) in [5.41, 5.74) is 2.53. The summed E-state index contributed by atoms with van der Waals surface area (Å²) in [5.74, 6) is 0.377. The molecule has 2 aromatic rings. The van der Waals surface area contributed by atoms with Gasteiger partial charge in [-0.3, -0.25) is 4.79 Å². The summed E-state index contributed by atoms with van der Waals surface area (Å²) in [4.78, 5) is 21.3. The Morgan fingerprint density at radius 2 is 1.29 bits per heavy atom. The first kappa shape index (κ1) is 24.1. The topological polar surface area (TPSA) is 34.1 Å². The van der Waals surface area contributed by atoms with Crippen LogP contribution in [0.3, 0.4) is 0 Å². The third kappa shape index (κ3) is 12.5. The maximum Gasteiger partial charge on any atom is 0.152 e. The molecule has 150 valence electrons. The van der Waals surface area contributed by atoms with E-state index < -0.39 is 0 Å². The molecule has 0 bridgehead atoms. The van der Waals surface area contributed by atoms with Gasteiger partial charge in [0.1, 0.15) is 5.78 Å². The molecule has 0 N–H and O–H groups in total. The van der Waals surface area contributed by atoms with E-state index >= 15 is 0 Å². The lowest BCUT2D eigenvalue weighted by molar-refractivity contribution is -0.117. The summed E-state index contributed by atoms with van der Waals surface area (Å²) < 4.78 is 0. The molecule has 0 spiro atoms. The molecular formula is C24H28Cl2O2. The van der Waals surface area contributed by atoms with Crippen LogP contribution in [0.2, 0.25) is 10.0 Å². The van der Waals surface area contributed by atoms with Gasteiger partial charge in [-0.25, -0.2) is 0 Å². The normalized spacial score (nSPS) is 10.4. The molecule has 0 unspecified atom stereocenters. The van der Waals surface area contributed by atoms with Gasteiger partial charge in [-0.15, -0.1) is 0 Å². The number of hydrogen-bond acceptors (Lipinski definition) is 2. The van der Waals surface area contributed by atoms with Crippen LogP contribution in [0, 0.1) is 0 Å². The Kier molecular flexibility index (Phi) is 12.2. The minimum absolute atomic E-state index is 0.0982. The lowest BCUT2D eigenvalue weighted by Gasteiger charge is -2.00. The van der Waals surface area contributed by atoms with E-state index in [1.807, 2.05) is 54.6 Å². The second-order valence-corrected chi connectivity index (χ2v) is 7.59. The van der Waals surface area contributed by atoms with Crippen molar-refractivity contribution in [2.75, 3.05) is 0 Å². The Bertz CT molecular complexity index is 747. The standard InChI is InChI=1S/C12H15ClO.C12H13ClO/c2*1-10(14)4-2-3-5-11-6-8-12(13)9-7-11/h6-9H,2-5H2,1H3;2,4,6-9H,3,5H2,1H3/b;4-2+. The van der Waals surface area contributed by atoms with Crippen molar-refractivity contribution in [2.45, 2.75) is 52.4 Å². The van der Waals surface area contributed by atoms with E-state index in [1.54, 1.807) is 19.9 Å². The first-order valence-electron chi connectivity index (χ1n) is 9.52. The summed E-state index contributed by atoms with van der Waals surface area (Å²) in [5, 5.41) is 1.53. The fourth-order valence-corrected chi connectivity index (χ4v) is 2.76. The van der Waals surface area contributed by atoms with Crippen molar-refractivity contribution in [3.05, 3.63) is 81.9 Å². The van der Waals surface area contributed by atoms with Gasteiger partial charge in [-0.05, 0) is 87.4 Å². The van der Waals surface area contributed by atoms with Crippen molar-refractivity contribution in [3.8, 4) is 0 Å². The Hall–Kier alpha value is -1.90. The number of rotatable bonds is 9. The Morgan fingerprint density at radius 1 is 0.786 bits per heavy atom. The predicted octanol–water partition coefficient (Wildman–Crippen LogP) is 7.06. The molecule has 0 aliphatic rings. The first-order valence-corrected chi connectivity index (χ1v) is 10.3. The number of ketones is 2. The number of carbonyl (C=O) groups excluding carboxylic acids is 2. The first-order chi connectivity index (χ1) is 13.4. The molecule has 0 amide bonds. The van der Waals surface area contributed by atoms with Crippen molar-refractivity contribution in [2.24, 2.45) is 0 Å². The minimum atomic E-state index is 0.0982. The number of benzene rings is 2. The van der Waals surface area contributed by atoms with Crippen LogP contribution >= 0.6 is 23.2 Å². The molecule has 2 rings (SSSR count). The van der Waals surface area contributed by atoms with Gasteiger partial charge in [-0.2, -0.15) is 0 Å². The minimum Gasteiger partial charge on any atom is -0.300 e. The molecule has 0 heterocycles. The zero-order chi connectivity index (χ0) is 20.8. The van der Waals surface area contributed by atoms with Crippen LogP contribution in [-0.4, -0.2) is 11.6 Å². The van der Waals surface area contributed by atoms with Gasteiger partial charge >= 0.3 is 0 Å². The van der Waals surface area contributed by atoms with Crippen molar-refractivity contribution in [1.82, 2.24) is 0 Å². The molecular weight excluding hydrogens is 391 g/mol. The Morgan fingerprint density at radius 3 is 1.75 bits per heavy atom. The molecule has 0 saturated carbocycles. The zero-order valence-electron chi connectivity index (χ0n) is 16.6. The van der Waals surface area contributed by atoms with Gasteiger partial charge in [0.05, 0.1) is 0 Å². The number of halogens is 2. The van der Waals surface area contributed by atoms with Crippen LogP contribution in [0.25, 0.3) is 0 Å². The Balaban J connectivity index is 0.000000280. The number of hydrogen-bond donors (Lipinski definition) is 0. The van der Waals surface area contributed by atoms with Crippen LogP contribution < -0.4 is 0 Å². The highest BCUT2D eigenvalue weighted by Crippen LogP contribution is 2.12. The van der Waals surface area contributed by atoms with Gasteiger partial charge < -0.3 is 4.79 Å². The summed E-state index contributed by atoms with van der Waals surface area (Å²) in [6, 6.07) is 15.7. The quantitative estimate of drug-likeness (QED) is 0.322. The second-order valence-electron chi connectivity index (χ2n) is 6.71. The maximum atomic E-state index is 10.7. The number of carbonyl (C=O) groups is 2. The number of unbranched alkanes of at least 4 members (excludes halogenated alkanes) is 1. The number of allylic oxidation sites excluding steroid dienone is 2. The second kappa shape index (κ2) is 14.1. The highest BCUT2D eigenvalue weighted by atomic mass is 35.5. The zero-order valence-corrected chi connectivity index (χ0v) is 18.1. The highest BCUT2D eigenvalue weighted by Gasteiger charge is 1.96. The molecule has 28 heavy (non-hydrogen) atoms. The average Bonchev–Trinajstić information content (AvgIpc) is 2.65. The molecule has 0 aliphatic carbocycles. The molecule has 0 atom stereocenters. The molecule has 0 aromatic heterocycles. The maximum absolute atomic E-state index is 10.7. The third-order valence-corrected chi connectivity index (χ3v) is 4.53. The summed E-state index contributed by atoms with van der Waals surface area (Å²) in [6.07, 6.45) is 9.13. The lowest BCUT2D eigenvalue weighted by Crippen LogP contribution is -1.91. The van der Waals surface area contributed by atoms with Crippen LogP contribution in [0.5, 0.6) is 0 Å². The number of aryl methyl sites for hydroxylation is 2. The molecule has 0 saturated heterocycles. The van der Waals surface area contributed by atoms with E-state index in [1.165, 1.54) is 11.1 Å². The fraction of sp³-hybridized carbons (Fsp3) is 0.333. The van der Waals surface area contributed by atoms with E-state index in [2.05, 4.69) is 0 Å². The molecule has 0 aliphatic heterocycles. The summed E-state index contributed by atoms with van der Waals surface area (Å²) >= 11 is 11.5. The van der Waals surface area contributed by atoms with Crippen molar-refractivity contribution in [3.63, 3.8) is 0 Å². The third-order valence-electron chi connectivity index (χ3n) is 4.02. The summed E-state index contributed by atoms with van der Waals surface area (Å²) in [7, 11) is 0. The van der Waals surface area contributed by atoms with E-state index in [0.717, 1.165) is 42.1 Å². The van der Waals surface area contributed by atoms with E-state index in [0.29, 0.717) is 6.42 Å². The van der Waals surface area contributed by atoms with Crippen LogP contribution in [0.15, 0.2) is 60.7 Å². The van der Waals surface area contributed by atoms with Crippen LogP contribution in [0.4, 0.5) is 0 Å². The van der Waals surface area contributed by atoms with Gasteiger partial charge in [0, 0.05) is 16.5 Å². The molecule has 4 heteroatoms. The summed E-state index contributed by atoms with van der Waals surface area (Å²) in [6.45, 7) is 3.20. The fourth-order valence-electron chi connectivity index (χ4n) is 2.50. The van der Waals surface area contributed by atoms with Gasteiger partial charge in [0.2, 0.25) is 0 Å². The SMILES string of the molecule is CC(=O)/C=C/CCc1ccc(Cl)cc1.CC(=O)CCCCc1ccc(Cl)cc1. The molecule has 2 aromatic carbocycles. The van der Waals surface area contributed by atoms with Gasteiger partial charge in [0.15, 0.2) is 5.78 Å². The molecule has 0 radical (unpaired) electrons. The van der Waals surface area contributed by atoms with Crippen LogP contribution in [0.1, 0.15) is 50.7 Å². The largest absolute Gasteiger partial charge is 0.300 e. The van der Waals surface area contributed by atoms with E-state index in [-0.39, 0.29) is 11.6 Å². The van der Waals surface area contributed by atoms with Gasteiger partial charge in [0.25, 0.3) is 0 Å².